The predicted molar refractivity (Wildman–Crippen MR) is 56.2 cm³/mol. The molecule has 2 nitrogen and oxygen atoms in total. The van der Waals surface area contributed by atoms with Gasteiger partial charge in [0.05, 0.1) is 0 Å². The normalized spacial score (nSPS) is 10.7. The molecule has 13 heavy (non-hydrogen) atoms. The van der Waals surface area contributed by atoms with Crippen molar-refractivity contribution in [3.63, 3.8) is 0 Å². The zero-order chi connectivity index (χ0) is 9.52. The van der Waals surface area contributed by atoms with Crippen molar-refractivity contribution in [1.29, 1.82) is 0 Å². The third kappa shape index (κ3) is 3.57. The summed E-state index contributed by atoms with van der Waals surface area (Å²) in [5, 5.41) is 0. The zero-order valence-electron chi connectivity index (χ0n) is 8.24. The molecule has 0 unspecified atom stereocenters. The monoisotopic (exact) mass is 178 g/mol. The van der Waals surface area contributed by atoms with Crippen LogP contribution < -0.4 is 5.73 Å². The molecule has 0 radical (unpaired) electrons. The van der Waals surface area contributed by atoms with Gasteiger partial charge in [-0.1, -0.05) is 37.3 Å². The lowest BCUT2D eigenvalue weighted by Gasteiger charge is -2.18. The molecule has 1 aromatic rings. The van der Waals surface area contributed by atoms with Crippen LogP contribution in [0.5, 0.6) is 0 Å². The number of nitrogens with zero attached hydrogens (tertiary/aromatic N) is 1. The average Bonchev–Trinajstić information content (AvgIpc) is 2.19. The standard InChI is InChI=1S/C11H18N2/c1-2-8-13(10-12)9-11-6-4-3-5-7-11/h3-7H,2,8-10,12H2,1H3. The van der Waals surface area contributed by atoms with Crippen molar-refractivity contribution in [2.24, 2.45) is 5.73 Å². The number of hydrogen-bond donors (Lipinski definition) is 1. The van der Waals surface area contributed by atoms with E-state index in [9.17, 15) is 0 Å². The first-order chi connectivity index (χ1) is 6.36. The molecule has 72 valence electrons. The van der Waals surface area contributed by atoms with Crippen molar-refractivity contribution >= 4 is 0 Å². The fraction of sp³-hybridized carbons (Fsp3) is 0.455. The Bertz CT molecular complexity index is 221. The van der Waals surface area contributed by atoms with Crippen LogP contribution in [0.1, 0.15) is 18.9 Å². The third-order valence-corrected chi connectivity index (χ3v) is 2.05. The van der Waals surface area contributed by atoms with Crippen molar-refractivity contribution in [3.8, 4) is 0 Å². The van der Waals surface area contributed by atoms with E-state index in [0.717, 1.165) is 19.5 Å². The number of nitrogens with two attached hydrogens (primary N) is 1. The van der Waals surface area contributed by atoms with Crippen molar-refractivity contribution in [2.75, 3.05) is 13.2 Å². The van der Waals surface area contributed by atoms with Gasteiger partial charge in [-0.15, -0.1) is 0 Å². The number of benzene rings is 1. The second-order valence-corrected chi connectivity index (χ2v) is 3.22. The number of hydrogen-bond acceptors (Lipinski definition) is 2. The topological polar surface area (TPSA) is 29.3 Å². The van der Waals surface area contributed by atoms with E-state index < -0.39 is 0 Å². The van der Waals surface area contributed by atoms with Gasteiger partial charge in [0, 0.05) is 13.2 Å². The summed E-state index contributed by atoms with van der Waals surface area (Å²) in [4.78, 5) is 2.25. The largest absolute Gasteiger partial charge is 0.318 e. The van der Waals surface area contributed by atoms with Crippen molar-refractivity contribution < 1.29 is 0 Å². The Balaban J connectivity index is 2.46. The molecule has 0 saturated heterocycles. The van der Waals surface area contributed by atoms with Crippen LogP contribution in [-0.2, 0) is 6.54 Å². The van der Waals surface area contributed by atoms with Crippen LogP contribution in [0.15, 0.2) is 30.3 Å². The van der Waals surface area contributed by atoms with Gasteiger partial charge in [0.15, 0.2) is 0 Å². The van der Waals surface area contributed by atoms with E-state index in [1.165, 1.54) is 5.56 Å². The molecule has 0 atom stereocenters. The summed E-state index contributed by atoms with van der Waals surface area (Å²) in [6, 6.07) is 10.4. The number of rotatable bonds is 5. The Kier molecular flexibility index (Phi) is 4.50. The molecule has 0 heterocycles. The van der Waals surface area contributed by atoms with Crippen LogP contribution in [-0.4, -0.2) is 18.1 Å². The first kappa shape index (κ1) is 10.2. The van der Waals surface area contributed by atoms with Crippen LogP contribution in [0.25, 0.3) is 0 Å². The lowest BCUT2D eigenvalue weighted by atomic mass is 10.2. The zero-order valence-corrected chi connectivity index (χ0v) is 8.24. The Labute approximate surface area is 80.4 Å². The summed E-state index contributed by atoms with van der Waals surface area (Å²) in [7, 11) is 0. The quantitative estimate of drug-likeness (QED) is 0.697. The molecule has 1 rings (SSSR count). The molecule has 0 spiro atoms. The lowest BCUT2D eigenvalue weighted by molar-refractivity contribution is 0.274. The molecule has 0 saturated carbocycles. The highest BCUT2D eigenvalue weighted by atomic mass is 15.2. The highest BCUT2D eigenvalue weighted by Crippen LogP contribution is 2.03. The second kappa shape index (κ2) is 5.73. The van der Waals surface area contributed by atoms with Gasteiger partial charge in [-0.3, -0.25) is 4.90 Å². The van der Waals surface area contributed by atoms with E-state index in [1.54, 1.807) is 0 Å². The summed E-state index contributed by atoms with van der Waals surface area (Å²) in [5.74, 6) is 0. The molecular formula is C11H18N2. The minimum absolute atomic E-state index is 0.642. The van der Waals surface area contributed by atoms with Gasteiger partial charge in [-0.05, 0) is 18.5 Å². The van der Waals surface area contributed by atoms with Gasteiger partial charge in [0.2, 0.25) is 0 Å². The minimum atomic E-state index is 0.642. The van der Waals surface area contributed by atoms with Gasteiger partial charge in [-0.25, -0.2) is 0 Å². The van der Waals surface area contributed by atoms with Crippen LogP contribution >= 0.6 is 0 Å². The van der Waals surface area contributed by atoms with Crippen LogP contribution in [0, 0.1) is 0 Å². The SMILES string of the molecule is CCCN(CN)Cc1ccccc1. The van der Waals surface area contributed by atoms with E-state index >= 15 is 0 Å². The molecule has 1 aromatic carbocycles. The van der Waals surface area contributed by atoms with E-state index in [-0.39, 0.29) is 0 Å². The predicted octanol–water partition coefficient (Wildman–Crippen LogP) is 1.81. The fourth-order valence-corrected chi connectivity index (χ4v) is 1.39. The summed E-state index contributed by atoms with van der Waals surface area (Å²) in [6.07, 6.45) is 1.16. The molecule has 0 aliphatic rings. The van der Waals surface area contributed by atoms with E-state index in [1.807, 2.05) is 6.07 Å². The summed E-state index contributed by atoms with van der Waals surface area (Å²) < 4.78 is 0. The van der Waals surface area contributed by atoms with Crippen molar-refractivity contribution in [2.45, 2.75) is 19.9 Å². The molecular weight excluding hydrogens is 160 g/mol. The second-order valence-electron chi connectivity index (χ2n) is 3.22. The lowest BCUT2D eigenvalue weighted by Crippen LogP contribution is -2.30. The maximum Gasteiger partial charge on any atom is 0.0458 e. The Morgan fingerprint density at radius 2 is 1.92 bits per heavy atom. The minimum Gasteiger partial charge on any atom is -0.318 e. The molecule has 0 aliphatic carbocycles. The highest BCUT2D eigenvalue weighted by Gasteiger charge is 2.00. The van der Waals surface area contributed by atoms with Gasteiger partial charge in [0.25, 0.3) is 0 Å². The Hall–Kier alpha value is -0.860. The molecule has 0 fully saturated rings. The summed E-state index contributed by atoms with van der Waals surface area (Å²) in [5.41, 5.74) is 6.97. The Morgan fingerprint density at radius 1 is 1.23 bits per heavy atom. The smallest absolute Gasteiger partial charge is 0.0458 e. The Morgan fingerprint density at radius 3 is 2.46 bits per heavy atom. The van der Waals surface area contributed by atoms with E-state index in [0.29, 0.717) is 6.67 Å². The third-order valence-electron chi connectivity index (χ3n) is 2.05. The van der Waals surface area contributed by atoms with Crippen molar-refractivity contribution in [1.82, 2.24) is 4.90 Å². The summed E-state index contributed by atoms with van der Waals surface area (Å²) in [6.45, 7) is 4.85. The van der Waals surface area contributed by atoms with Gasteiger partial charge in [0.1, 0.15) is 0 Å². The molecule has 2 heteroatoms. The van der Waals surface area contributed by atoms with Gasteiger partial charge < -0.3 is 5.73 Å². The van der Waals surface area contributed by atoms with E-state index in [4.69, 9.17) is 5.73 Å². The van der Waals surface area contributed by atoms with Crippen LogP contribution in [0.2, 0.25) is 0 Å². The molecule has 0 aliphatic heterocycles. The van der Waals surface area contributed by atoms with Crippen molar-refractivity contribution in [3.05, 3.63) is 35.9 Å². The molecule has 0 bridgehead atoms. The highest BCUT2D eigenvalue weighted by molar-refractivity contribution is 5.14. The fourth-order valence-electron chi connectivity index (χ4n) is 1.39. The van der Waals surface area contributed by atoms with E-state index in [2.05, 4.69) is 36.1 Å². The summed E-state index contributed by atoms with van der Waals surface area (Å²) >= 11 is 0. The van der Waals surface area contributed by atoms with Crippen LogP contribution in [0.4, 0.5) is 0 Å². The van der Waals surface area contributed by atoms with Gasteiger partial charge >= 0.3 is 0 Å². The molecule has 0 aromatic heterocycles. The first-order valence-corrected chi connectivity index (χ1v) is 4.83. The molecule has 0 amide bonds. The first-order valence-electron chi connectivity index (χ1n) is 4.83. The average molecular weight is 178 g/mol. The maximum absolute atomic E-state index is 5.63. The maximum atomic E-state index is 5.63. The van der Waals surface area contributed by atoms with Crippen LogP contribution in [0.3, 0.4) is 0 Å². The molecule has 2 N–H and O–H groups in total. The van der Waals surface area contributed by atoms with Gasteiger partial charge in [-0.2, -0.15) is 0 Å².